The van der Waals surface area contributed by atoms with E-state index >= 15 is 0 Å². The van der Waals surface area contributed by atoms with Gasteiger partial charge >= 0.3 is 0 Å². The van der Waals surface area contributed by atoms with Gasteiger partial charge in [0.1, 0.15) is 45.1 Å². The van der Waals surface area contributed by atoms with Crippen LogP contribution in [0, 0.1) is 0 Å². The van der Waals surface area contributed by atoms with E-state index in [1.54, 1.807) is 18.2 Å². The summed E-state index contributed by atoms with van der Waals surface area (Å²) in [5.74, 6) is 0.825. The Morgan fingerprint density at radius 3 is 2.29 bits per heavy atom. The van der Waals surface area contributed by atoms with Crippen LogP contribution in [0.3, 0.4) is 0 Å². The first-order valence-corrected chi connectivity index (χ1v) is 9.86. The number of hydrogen-bond donors (Lipinski definition) is 3. The normalized spacial score (nSPS) is 19.0. The van der Waals surface area contributed by atoms with Crippen LogP contribution in [-0.4, -0.2) is 57.6 Å². The topological polar surface area (TPSA) is 64.3 Å². The van der Waals surface area contributed by atoms with Gasteiger partial charge in [-0.15, -0.1) is 0 Å². The highest BCUT2D eigenvalue weighted by atomic mass is 16.5. The molecule has 1 heterocycles. The number of hydrogen-bond acceptors (Lipinski definition) is 3. The molecule has 1 fully saturated rings. The molecule has 0 aliphatic carbocycles. The number of carbonyl (C=O) groups excluding carboxylic acids is 2. The lowest BCUT2D eigenvalue weighted by atomic mass is 10.1. The third-order valence-corrected chi connectivity index (χ3v) is 5.12. The summed E-state index contributed by atoms with van der Waals surface area (Å²) in [7, 11) is 0. The molecule has 0 atom stereocenters. The van der Waals surface area contributed by atoms with Gasteiger partial charge in [-0.2, -0.15) is 0 Å². The van der Waals surface area contributed by atoms with Crippen molar-refractivity contribution in [1.82, 2.24) is 0 Å². The van der Waals surface area contributed by atoms with Crippen LogP contribution in [0.15, 0.2) is 54.6 Å². The molecule has 0 aromatic heterocycles. The average molecular weight is 383 g/mol. The molecular formula is C22H29N3O3+2. The fourth-order valence-corrected chi connectivity index (χ4v) is 3.53. The number of carbonyl (C=O) groups is 2. The predicted octanol–water partition coefficient (Wildman–Crippen LogP) is -0.310. The van der Waals surface area contributed by atoms with Crippen LogP contribution in [-0.2, 0) is 4.79 Å². The second-order valence-corrected chi connectivity index (χ2v) is 7.24. The first-order chi connectivity index (χ1) is 13.6. The number of rotatable bonds is 8. The number of anilines is 1. The van der Waals surface area contributed by atoms with Gasteiger partial charge in [-0.3, -0.25) is 9.59 Å². The summed E-state index contributed by atoms with van der Waals surface area (Å²) in [6.07, 6.45) is 0. The van der Waals surface area contributed by atoms with Crippen LogP contribution < -0.4 is 19.9 Å². The molecule has 0 radical (unpaired) electrons. The van der Waals surface area contributed by atoms with Gasteiger partial charge < -0.3 is 19.9 Å². The first-order valence-electron chi connectivity index (χ1n) is 9.86. The van der Waals surface area contributed by atoms with Gasteiger partial charge in [-0.25, -0.2) is 0 Å². The number of piperazine rings is 1. The van der Waals surface area contributed by atoms with Crippen molar-refractivity contribution in [3.63, 3.8) is 0 Å². The summed E-state index contributed by atoms with van der Waals surface area (Å²) < 4.78 is 5.78. The highest BCUT2D eigenvalue weighted by Crippen LogP contribution is 2.15. The minimum Gasteiger partial charge on any atom is -0.488 e. The second kappa shape index (κ2) is 10.0. The minimum atomic E-state index is -0.0433. The summed E-state index contributed by atoms with van der Waals surface area (Å²) in [5, 5.41) is 2.90. The molecule has 0 saturated carbocycles. The Balaban J connectivity index is 1.38. The van der Waals surface area contributed by atoms with E-state index in [-0.39, 0.29) is 11.7 Å². The third kappa shape index (κ3) is 5.90. The summed E-state index contributed by atoms with van der Waals surface area (Å²) in [5.41, 5.74) is 1.15. The highest BCUT2D eigenvalue weighted by Gasteiger charge is 2.25. The fraction of sp³-hybridized carbons (Fsp3) is 0.364. The molecule has 1 saturated heterocycles. The van der Waals surface area contributed by atoms with Crippen LogP contribution in [0.25, 0.3) is 0 Å². The largest absolute Gasteiger partial charge is 0.488 e. The van der Waals surface area contributed by atoms with Crippen molar-refractivity contribution < 1.29 is 24.1 Å². The number of para-hydroxylation sites is 2. The number of ether oxygens (including phenoxy) is 1. The third-order valence-electron chi connectivity index (χ3n) is 5.12. The Labute approximate surface area is 166 Å². The Hall–Kier alpha value is -2.70. The molecule has 148 valence electrons. The predicted molar refractivity (Wildman–Crippen MR) is 108 cm³/mol. The Morgan fingerprint density at radius 1 is 0.929 bits per heavy atom. The van der Waals surface area contributed by atoms with Crippen molar-refractivity contribution in [2.45, 2.75) is 6.92 Å². The van der Waals surface area contributed by atoms with E-state index in [0.717, 1.165) is 38.5 Å². The van der Waals surface area contributed by atoms with E-state index in [1.165, 1.54) is 16.7 Å². The van der Waals surface area contributed by atoms with Crippen LogP contribution in [0.2, 0.25) is 0 Å². The standard InChI is InChI=1S/C22H27N3O3/c1-18(26)20-9-5-6-10-21(20)23-22(27)17-25-13-11-24(12-14-25)15-16-28-19-7-3-2-4-8-19/h2-10H,11-17H2,1H3,(H,23,27)/p+2. The number of amides is 1. The van der Waals surface area contributed by atoms with Crippen molar-refractivity contribution in [2.75, 3.05) is 51.2 Å². The van der Waals surface area contributed by atoms with Gasteiger partial charge in [0.2, 0.25) is 0 Å². The molecule has 2 aromatic rings. The number of quaternary nitrogens is 2. The lowest BCUT2D eigenvalue weighted by molar-refractivity contribution is -1.01. The number of nitrogens with one attached hydrogen (secondary N) is 3. The molecule has 3 rings (SSSR count). The highest BCUT2D eigenvalue weighted by molar-refractivity contribution is 6.03. The van der Waals surface area contributed by atoms with Crippen LogP contribution in [0.4, 0.5) is 5.69 Å². The monoisotopic (exact) mass is 383 g/mol. The van der Waals surface area contributed by atoms with Crippen LogP contribution in [0.1, 0.15) is 17.3 Å². The van der Waals surface area contributed by atoms with Crippen molar-refractivity contribution in [1.29, 1.82) is 0 Å². The summed E-state index contributed by atoms with van der Waals surface area (Å²) >= 11 is 0. The molecule has 1 aliphatic heterocycles. The first kappa shape index (κ1) is 20.0. The van der Waals surface area contributed by atoms with Crippen LogP contribution >= 0.6 is 0 Å². The number of ketones is 1. The summed E-state index contributed by atoms with van der Waals surface area (Å²) in [4.78, 5) is 26.9. The van der Waals surface area contributed by atoms with Crippen molar-refractivity contribution in [3.05, 3.63) is 60.2 Å². The Morgan fingerprint density at radius 2 is 1.57 bits per heavy atom. The molecule has 6 heteroatoms. The Bertz CT molecular complexity index is 787. The zero-order chi connectivity index (χ0) is 19.8. The quantitative estimate of drug-likeness (QED) is 0.548. The number of Topliss-reactive ketones (excluding diaryl/α,β-unsaturated/α-hetero) is 1. The second-order valence-electron chi connectivity index (χ2n) is 7.24. The lowest BCUT2D eigenvalue weighted by Gasteiger charge is -2.29. The molecular weight excluding hydrogens is 354 g/mol. The molecule has 28 heavy (non-hydrogen) atoms. The lowest BCUT2D eigenvalue weighted by Crippen LogP contribution is -3.28. The van der Waals surface area contributed by atoms with E-state index in [0.29, 0.717) is 24.4 Å². The zero-order valence-corrected chi connectivity index (χ0v) is 16.4. The molecule has 0 unspecified atom stereocenters. The van der Waals surface area contributed by atoms with Gasteiger partial charge in [0.15, 0.2) is 12.3 Å². The fourth-order valence-electron chi connectivity index (χ4n) is 3.53. The van der Waals surface area contributed by atoms with E-state index in [9.17, 15) is 9.59 Å². The van der Waals surface area contributed by atoms with Crippen molar-refractivity contribution in [2.24, 2.45) is 0 Å². The van der Waals surface area contributed by atoms with Crippen molar-refractivity contribution in [3.8, 4) is 5.75 Å². The van der Waals surface area contributed by atoms with Gasteiger partial charge in [-0.05, 0) is 31.2 Å². The van der Waals surface area contributed by atoms with Gasteiger partial charge in [-0.1, -0.05) is 30.3 Å². The average Bonchev–Trinajstić information content (AvgIpc) is 2.70. The molecule has 0 spiro atoms. The maximum atomic E-state index is 12.4. The molecule has 2 aromatic carbocycles. The molecule has 3 N–H and O–H groups in total. The van der Waals surface area contributed by atoms with E-state index in [2.05, 4.69) is 5.32 Å². The summed E-state index contributed by atoms with van der Waals surface area (Å²) in [6, 6.07) is 17.0. The summed E-state index contributed by atoms with van der Waals surface area (Å²) in [6.45, 7) is 7.61. The molecule has 1 aliphatic rings. The molecule has 6 nitrogen and oxygen atoms in total. The smallest absolute Gasteiger partial charge is 0.279 e. The molecule has 0 bridgehead atoms. The Kier molecular flexibility index (Phi) is 7.17. The van der Waals surface area contributed by atoms with Crippen LogP contribution in [0.5, 0.6) is 5.75 Å². The van der Waals surface area contributed by atoms with E-state index in [1.807, 2.05) is 36.4 Å². The van der Waals surface area contributed by atoms with Crippen molar-refractivity contribution >= 4 is 17.4 Å². The van der Waals surface area contributed by atoms with Gasteiger partial charge in [0, 0.05) is 5.56 Å². The van der Waals surface area contributed by atoms with Gasteiger partial charge in [0.25, 0.3) is 5.91 Å². The van der Waals surface area contributed by atoms with E-state index < -0.39 is 0 Å². The van der Waals surface area contributed by atoms with E-state index in [4.69, 9.17) is 4.74 Å². The zero-order valence-electron chi connectivity index (χ0n) is 16.4. The maximum Gasteiger partial charge on any atom is 0.279 e. The molecule has 1 amide bonds. The maximum absolute atomic E-state index is 12.4. The SMILES string of the molecule is CC(=O)c1ccccc1NC(=O)C[NH+]1CC[NH+](CCOc2ccccc2)CC1. The number of benzene rings is 2. The van der Waals surface area contributed by atoms with Gasteiger partial charge in [0.05, 0.1) is 5.69 Å². The minimum absolute atomic E-state index is 0.0421.